The Bertz CT molecular complexity index is 694. The van der Waals surface area contributed by atoms with Gasteiger partial charge in [-0.15, -0.1) is 0 Å². The van der Waals surface area contributed by atoms with Gasteiger partial charge < -0.3 is 0 Å². The van der Waals surface area contributed by atoms with Crippen molar-refractivity contribution in [1.82, 2.24) is 0 Å². The molecule has 3 rings (SSSR count). The predicted octanol–water partition coefficient (Wildman–Crippen LogP) is 2.57. The van der Waals surface area contributed by atoms with Crippen LogP contribution in [0, 0.1) is 28.4 Å². The Balaban J connectivity index is 2.05. The first-order valence-electron chi connectivity index (χ1n) is 5.95. The summed E-state index contributed by atoms with van der Waals surface area (Å²) in [7, 11) is -4.10. The fraction of sp³-hybridized carbons (Fsp3) is 0.462. The molecular formula is C13H11F2NO2S. The topological polar surface area (TPSA) is 57.9 Å². The predicted molar refractivity (Wildman–Crippen MR) is 62.8 cm³/mol. The molecule has 0 aliphatic heterocycles. The number of nitrogens with zero attached hydrogens (tertiary/aromatic N) is 1. The third kappa shape index (κ3) is 1.61. The molecule has 2 aliphatic carbocycles. The second-order valence-electron chi connectivity index (χ2n) is 5.54. The van der Waals surface area contributed by atoms with E-state index >= 15 is 0 Å². The molecule has 0 unspecified atom stereocenters. The van der Waals surface area contributed by atoms with Crippen LogP contribution in [0.1, 0.15) is 25.7 Å². The Labute approximate surface area is 109 Å². The number of sulfone groups is 1. The molecule has 0 heterocycles. The van der Waals surface area contributed by atoms with Crippen molar-refractivity contribution in [1.29, 1.82) is 5.26 Å². The van der Waals surface area contributed by atoms with Crippen molar-refractivity contribution in [2.24, 2.45) is 5.41 Å². The fourth-order valence-electron chi connectivity index (χ4n) is 2.92. The van der Waals surface area contributed by atoms with E-state index in [-0.39, 0.29) is 18.3 Å². The Morgan fingerprint density at radius 1 is 1.21 bits per heavy atom. The summed E-state index contributed by atoms with van der Waals surface area (Å²) in [6.07, 6.45) is 2.38. The summed E-state index contributed by atoms with van der Waals surface area (Å²) in [6.45, 7) is 0. The van der Waals surface area contributed by atoms with Gasteiger partial charge in [0.2, 0.25) is 0 Å². The largest absolute Gasteiger partial charge is 0.222 e. The maximum atomic E-state index is 13.7. The van der Waals surface area contributed by atoms with Crippen LogP contribution in [0.2, 0.25) is 0 Å². The van der Waals surface area contributed by atoms with Crippen molar-refractivity contribution in [3.63, 3.8) is 0 Å². The molecule has 2 aliphatic rings. The van der Waals surface area contributed by atoms with Gasteiger partial charge in [0.25, 0.3) is 0 Å². The van der Waals surface area contributed by atoms with Gasteiger partial charge in [-0.1, -0.05) is 0 Å². The fourth-order valence-corrected chi connectivity index (χ4v) is 5.02. The van der Waals surface area contributed by atoms with Gasteiger partial charge in [-0.05, 0) is 43.2 Å². The molecule has 2 fully saturated rings. The van der Waals surface area contributed by atoms with E-state index in [4.69, 9.17) is 0 Å². The highest BCUT2D eigenvalue weighted by Gasteiger charge is 2.67. The third-order valence-electron chi connectivity index (χ3n) is 4.18. The summed E-state index contributed by atoms with van der Waals surface area (Å²) in [6, 6.07) is 4.17. The highest BCUT2D eigenvalue weighted by atomic mass is 32.2. The van der Waals surface area contributed by atoms with E-state index in [1.165, 1.54) is 0 Å². The molecule has 100 valence electrons. The molecule has 6 heteroatoms. The molecule has 0 amide bonds. The van der Waals surface area contributed by atoms with Crippen molar-refractivity contribution in [2.45, 2.75) is 35.3 Å². The van der Waals surface area contributed by atoms with E-state index < -0.39 is 31.1 Å². The van der Waals surface area contributed by atoms with Crippen LogP contribution in [-0.4, -0.2) is 13.2 Å². The van der Waals surface area contributed by atoms with Crippen molar-refractivity contribution in [2.75, 3.05) is 0 Å². The van der Waals surface area contributed by atoms with E-state index in [1.54, 1.807) is 0 Å². The van der Waals surface area contributed by atoms with Crippen LogP contribution < -0.4 is 0 Å². The summed E-state index contributed by atoms with van der Waals surface area (Å²) in [5.41, 5.74) is -0.0146. The molecule has 0 N–H and O–H groups in total. The summed E-state index contributed by atoms with van der Waals surface area (Å²) < 4.78 is 49.8. The molecule has 0 bridgehead atoms. The Morgan fingerprint density at radius 2 is 1.84 bits per heavy atom. The van der Waals surface area contributed by atoms with E-state index in [9.17, 15) is 22.5 Å². The maximum Gasteiger partial charge on any atom is 0.200 e. The second kappa shape index (κ2) is 3.54. The van der Waals surface area contributed by atoms with Crippen LogP contribution in [0.25, 0.3) is 0 Å². The lowest BCUT2D eigenvalue weighted by atomic mass is 9.72. The van der Waals surface area contributed by atoms with Crippen LogP contribution in [0.3, 0.4) is 0 Å². The van der Waals surface area contributed by atoms with Gasteiger partial charge in [-0.3, -0.25) is 0 Å². The smallest absolute Gasteiger partial charge is 0.200 e. The second-order valence-corrected chi connectivity index (χ2v) is 7.77. The standard InChI is InChI=1S/C13H11F2NO2S/c14-9-1-2-11(10(15)5-9)19(17,18)13(8-16)6-12(7-13)3-4-12/h1-2,5H,3-4,6-7H2. The van der Waals surface area contributed by atoms with Crippen molar-refractivity contribution >= 4 is 9.84 Å². The van der Waals surface area contributed by atoms with Gasteiger partial charge in [-0.25, -0.2) is 17.2 Å². The van der Waals surface area contributed by atoms with Crippen molar-refractivity contribution in [3.8, 4) is 6.07 Å². The minimum absolute atomic E-state index is 0.0146. The summed E-state index contributed by atoms with van der Waals surface area (Å²) in [5, 5.41) is 9.21. The summed E-state index contributed by atoms with van der Waals surface area (Å²) in [5.74, 6) is -1.97. The first-order chi connectivity index (χ1) is 8.84. The number of hydrogen-bond donors (Lipinski definition) is 0. The van der Waals surface area contributed by atoms with Gasteiger partial charge in [0, 0.05) is 6.07 Å². The number of nitriles is 1. The minimum Gasteiger partial charge on any atom is -0.222 e. The number of halogens is 2. The van der Waals surface area contributed by atoms with Crippen molar-refractivity contribution in [3.05, 3.63) is 29.8 Å². The van der Waals surface area contributed by atoms with Crippen LogP contribution in [-0.2, 0) is 9.84 Å². The Hall–Kier alpha value is -1.48. The lowest BCUT2D eigenvalue weighted by Gasteiger charge is -2.42. The number of rotatable bonds is 2. The van der Waals surface area contributed by atoms with Gasteiger partial charge >= 0.3 is 0 Å². The molecule has 0 atom stereocenters. The summed E-state index contributed by atoms with van der Waals surface area (Å²) in [4.78, 5) is -0.578. The number of benzene rings is 1. The zero-order valence-electron chi connectivity index (χ0n) is 9.99. The molecule has 2 saturated carbocycles. The molecule has 0 aromatic heterocycles. The van der Waals surface area contributed by atoms with E-state index in [2.05, 4.69) is 0 Å². The van der Waals surface area contributed by atoms with Crippen LogP contribution in [0.15, 0.2) is 23.1 Å². The average Bonchev–Trinajstić information content (AvgIpc) is 3.05. The molecule has 3 nitrogen and oxygen atoms in total. The minimum atomic E-state index is -4.10. The zero-order valence-corrected chi connectivity index (χ0v) is 10.8. The van der Waals surface area contributed by atoms with Gasteiger partial charge in [-0.2, -0.15) is 5.26 Å². The van der Waals surface area contributed by atoms with E-state index in [0.717, 1.165) is 25.0 Å². The highest BCUT2D eigenvalue weighted by molar-refractivity contribution is 7.93. The van der Waals surface area contributed by atoms with Crippen LogP contribution >= 0.6 is 0 Å². The van der Waals surface area contributed by atoms with Gasteiger partial charge in [0.1, 0.15) is 16.5 Å². The average molecular weight is 283 g/mol. The maximum absolute atomic E-state index is 13.7. The number of hydrogen-bond acceptors (Lipinski definition) is 3. The van der Waals surface area contributed by atoms with Crippen molar-refractivity contribution < 1.29 is 17.2 Å². The lowest BCUT2D eigenvalue weighted by Crippen LogP contribution is -2.50. The Kier molecular flexibility index (Phi) is 2.34. The Morgan fingerprint density at radius 3 is 2.32 bits per heavy atom. The SMILES string of the molecule is N#CC1(S(=O)(=O)c2ccc(F)cc2F)CC2(CC2)C1. The molecule has 1 aromatic carbocycles. The molecule has 1 aromatic rings. The quantitative estimate of drug-likeness (QED) is 0.784. The zero-order chi connectivity index (χ0) is 13.9. The monoisotopic (exact) mass is 283 g/mol. The molecule has 0 saturated heterocycles. The lowest BCUT2D eigenvalue weighted by molar-refractivity contribution is 0.238. The molecular weight excluding hydrogens is 272 g/mol. The van der Waals surface area contributed by atoms with Gasteiger partial charge in [0.15, 0.2) is 14.6 Å². The molecule has 0 radical (unpaired) electrons. The molecule has 19 heavy (non-hydrogen) atoms. The first kappa shape index (κ1) is 12.5. The molecule has 1 spiro atoms. The first-order valence-corrected chi connectivity index (χ1v) is 7.44. The van der Waals surface area contributed by atoms with Gasteiger partial charge in [0.05, 0.1) is 6.07 Å². The summed E-state index contributed by atoms with van der Waals surface area (Å²) >= 11 is 0. The highest BCUT2D eigenvalue weighted by Crippen LogP contribution is 2.67. The van der Waals surface area contributed by atoms with E-state index in [1.807, 2.05) is 6.07 Å². The normalized spacial score (nSPS) is 22.6. The van der Waals surface area contributed by atoms with E-state index in [0.29, 0.717) is 6.07 Å². The third-order valence-corrected chi connectivity index (χ3v) is 6.50. The van der Waals surface area contributed by atoms with Crippen LogP contribution in [0.4, 0.5) is 8.78 Å². The van der Waals surface area contributed by atoms with Crippen LogP contribution in [0.5, 0.6) is 0 Å².